The van der Waals surface area contributed by atoms with E-state index in [4.69, 9.17) is 4.74 Å². The Balaban J connectivity index is 1.52. The predicted molar refractivity (Wildman–Crippen MR) is 129 cm³/mol. The van der Waals surface area contributed by atoms with E-state index in [-0.39, 0.29) is 41.7 Å². The molecule has 0 radical (unpaired) electrons. The summed E-state index contributed by atoms with van der Waals surface area (Å²) in [6.45, 7) is 1.74. The number of hydrogen-bond donors (Lipinski definition) is 3. The van der Waals surface area contributed by atoms with E-state index in [1.54, 1.807) is 38.1 Å². The third-order valence-corrected chi connectivity index (χ3v) is 7.89. The van der Waals surface area contributed by atoms with Crippen molar-refractivity contribution in [2.75, 3.05) is 14.2 Å². The second kappa shape index (κ2) is 11.0. The summed E-state index contributed by atoms with van der Waals surface area (Å²) >= 11 is 0. The maximum atomic E-state index is 13.7. The molecular formula is C26H37FN4O4. The molecule has 1 aliphatic carbocycles. The lowest BCUT2D eigenvalue weighted by molar-refractivity contribution is -0.146. The third-order valence-electron chi connectivity index (χ3n) is 7.89. The highest BCUT2D eigenvalue weighted by atomic mass is 19.1. The molecule has 9 heteroatoms. The molecule has 2 aliphatic heterocycles. The van der Waals surface area contributed by atoms with Crippen molar-refractivity contribution in [1.82, 2.24) is 20.9 Å². The summed E-state index contributed by atoms with van der Waals surface area (Å²) in [4.78, 5) is 41.5. The van der Waals surface area contributed by atoms with E-state index in [2.05, 4.69) is 16.0 Å². The second-order valence-corrected chi connectivity index (χ2v) is 10.0. The molecule has 0 saturated carbocycles. The van der Waals surface area contributed by atoms with Crippen molar-refractivity contribution < 1.29 is 23.5 Å². The van der Waals surface area contributed by atoms with Crippen LogP contribution in [0.5, 0.6) is 0 Å². The molecule has 0 aromatic heterocycles. The monoisotopic (exact) mass is 488 g/mol. The number of amides is 3. The number of carbonyl (C=O) groups is 3. The fraction of sp³-hybridized carbons (Fsp3) is 0.654. The first-order valence-electron chi connectivity index (χ1n) is 12.7. The number of halogens is 1. The highest BCUT2D eigenvalue weighted by Gasteiger charge is 2.45. The Labute approximate surface area is 206 Å². The Morgan fingerprint density at radius 1 is 1.11 bits per heavy atom. The lowest BCUT2D eigenvalue weighted by atomic mass is 9.87. The molecule has 1 aromatic rings. The molecule has 2 fully saturated rings. The number of rotatable bonds is 6. The van der Waals surface area contributed by atoms with E-state index in [1.165, 1.54) is 6.07 Å². The van der Waals surface area contributed by atoms with Crippen molar-refractivity contribution in [2.24, 2.45) is 0 Å². The fourth-order valence-corrected chi connectivity index (χ4v) is 5.76. The molecule has 6 atom stereocenters. The molecule has 3 amide bonds. The summed E-state index contributed by atoms with van der Waals surface area (Å²) in [6, 6.07) is 2.70. The van der Waals surface area contributed by atoms with Crippen molar-refractivity contribution in [2.45, 2.75) is 94.6 Å². The summed E-state index contributed by atoms with van der Waals surface area (Å²) in [5.41, 5.74) is 1.88. The molecule has 8 nitrogen and oxygen atoms in total. The molecular weight excluding hydrogens is 451 g/mol. The number of aryl methyl sites for hydroxylation is 1. The van der Waals surface area contributed by atoms with Gasteiger partial charge in [0.1, 0.15) is 17.9 Å². The van der Waals surface area contributed by atoms with Gasteiger partial charge in [0.2, 0.25) is 17.7 Å². The van der Waals surface area contributed by atoms with Gasteiger partial charge in [-0.15, -0.1) is 0 Å². The first-order valence-corrected chi connectivity index (χ1v) is 12.7. The van der Waals surface area contributed by atoms with Gasteiger partial charge in [-0.2, -0.15) is 0 Å². The van der Waals surface area contributed by atoms with E-state index < -0.39 is 18.1 Å². The second-order valence-electron chi connectivity index (χ2n) is 10.0. The maximum Gasteiger partial charge on any atom is 0.246 e. The molecule has 3 aliphatic rings. The summed E-state index contributed by atoms with van der Waals surface area (Å²) in [6.07, 6.45) is 5.51. The van der Waals surface area contributed by atoms with Crippen LogP contribution in [0.15, 0.2) is 18.2 Å². The molecule has 2 heterocycles. The van der Waals surface area contributed by atoms with Crippen LogP contribution in [0.25, 0.3) is 0 Å². The van der Waals surface area contributed by atoms with E-state index in [9.17, 15) is 18.8 Å². The molecule has 0 spiro atoms. The van der Waals surface area contributed by atoms with Gasteiger partial charge in [0, 0.05) is 19.6 Å². The molecule has 0 bridgehead atoms. The largest absolute Gasteiger partial charge is 0.381 e. The highest BCUT2D eigenvalue weighted by molar-refractivity contribution is 5.94. The van der Waals surface area contributed by atoms with Crippen molar-refractivity contribution in [3.8, 4) is 0 Å². The number of methoxy groups -OCH3 is 1. The normalized spacial score (nSPS) is 29.4. The lowest BCUT2D eigenvalue weighted by Crippen LogP contribution is -2.59. The lowest BCUT2D eigenvalue weighted by Gasteiger charge is -2.38. The van der Waals surface area contributed by atoms with Crippen molar-refractivity contribution in [3.63, 3.8) is 0 Å². The van der Waals surface area contributed by atoms with Crippen molar-refractivity contribution in [1.29, 1.82) is 0 Å². The third kappa shape index (κ3) is 5.51. The first-order chi connectivity index (χ1) is 16.8. The molecule has 3 N–H and O–H groups in total. The zero-order valence-electron chi connectivity index (χ0n) is 20.8. The predicted octanol–water partition coefficient (Wildman–Crippen LogP) is 1.97. The molecule has 0 unspecified atom stereocenters. The van der Waals surface area contributed by atoms with E-state index in [0.29, 0.717) is 12.8 Å². The number of nitrogens with one attached hydrogen (secondary N) is 3. The molecule has 35 heavy (non-hydrogen) atoms. The summed E-state index contributed by atoms with van der Waals surface area (Å²) in [7, 11) is 3.32. The highest BCUT2D eigenvalue weighted by Crippen LogP contribution is 2.34. The smallest absolute Gasteiger partial charge is 0.246 e. The van der Waals surface area contributed by atoms with Crippen LogP contribution in [0.3, 0.4) is 0 Å². The summed E-state index contributed by atoms with van der Waals surface area (Å²) in [5.74, 6) is -0.933. The molecule has 4 rings (SSSR count). The van der Waals surface area contributed by atoms with E-state index in [0.717, 1.165) is 49.7 Å². The quantitative estimate of drug-likeness (QED) is 0.569. The maximum absolute atomic E-state index is 13.7. The first kappa shape index (κ1) is 25.6. The number of fused-ring (bicyclic) bond motifs is 2. The number of benzene rings is 1. The number of hydrogen-bond acceptors (Lipinski definition) is 5. The van der Waals surface area contributed by atoms with Gasteiger partial charge in [0.25, 0.3) is 0 Å². The zero-order valence-corrected chi connectivity index (χ0v) is 20.8. The van der Waals surface area contributed by atoms with Gasteiger partial charge in [-0.3, -0.25) is 14.4 Å². The van der Waals surface area contributed by atoms with Gasteiger partial charge in [-0.25, -0.2) is 4.39 Å². The minimum absolute atomic E-state index is 0.0648. The Morgan fingerprint density at radius 3 is 2.63 bits per heavy atom. The number of ether oxygens (including phenoxy) is 1. The Bertz CT molecular complexity index is 957. The van der Waals surface area contributed by atoms with Crippen LogP contribution in [0.4, 0.5) is 4.39 Å². The molecule has 1 aromatic carbocycles. The molecule has 2 saturated heterocycles. The number of nitrogens with zero attached hydrogens (tertiary/aromatic N) is 1. The average Bonchev–Trinajstić information content (AvgIpc) is 3.27. The van der Waals surface area contributed by atoms with Crippen LogP contribution < -0.4 is 16.0 Å². The van der Waals surface area contributed by atoms with Crippen molar-refractivity contribution in [3.05, 3.63) is 35.1 Å². The fourth-order valence-electron chi connectivity index (χ4n) is 5.76. The van der Waals surface area contributed by atoms with Gasteiger partial charge in [-0.05, 0) is 82.2 Å². The van der Waals surface area contributed by atoms with Gasteiger partial charge in [0.15, 0.2) is 0 Å². The van der Waals surface area contributed by atoms with Gasteiger partial charge in [0.05, 0.1) is 18.2 Å². The van der Waals surface area contributed by atoms with Crippen LogP contribution in [0.1, 0.15) is 69.0 Å². The summed E-state index contributed by atoms with van der Waals surface area (Å²) < 4.78 is 19.3. The van der Waals surface area contributed by atoms with Crippen LogP contribution in [0.2, 0.25) is 0 Å². The Morgan fingerprint density at radius 2 is 1.89 bits per heavy atom. The van der Waals surface area contributed by atoms with E-state index >= 15 is 0 Å². The van der Waals surface area contributed by atoms with Gasteiger partial charge >= 0.3 is 0 Å². The van der Waals surface area contributed by atoms with Crippen LogP contribution >= 0.6 is 0 Å². The minimum atomic E-state index is -0.752. The standard InChI is InChI=1S/C26H37FN4O4/c1-15(28-2)24(32)30-22-14-19(35-3)10-8-18-9-12-23(31(18)26(22)34)25(33)29-21-6-4-5-16-13-17(27)7-11-20(16)21/h7,11,13,15,18-19,21-23,28H,4-6,8-10,12,14H2,1-3H3,(H,29,33)(H,30,32)/t15-,18-,19-,21+,22-,23-/m0/s1. The van der Waals surface area contributed by atoms with Crippen LogP contribution in [-0.4, -0.2) is 67.1 Å². The Hall–Kier alpha value is -2.52. The number of carbonyl (C=O) groups excluding carboxylic acids is 3. The van der Waals surface area contributed by atoms with Gasteiger partial charge in [-0.1, -0.05) is 6.07 Å². The van der Waals surface area contributed by atoms with Gasteiger partial charge < -0.3 is 25.6 Å². The summed E-state index contributed by atoms with van der Waals surface area (Å²) in [5, 5.41) is 8.93. The van der Waals surface area contributed by atoms with Crippen LogP contribution in [-0.2, 0) is 25.5 Å². The van der Waals surface area contributed by atoms with E-state index in [1.807, 2.05) is 0 Å². The minimum Gasteiger partial charge on any atom is -0.381 e. The molecule has 192 valence electrons. The zero-order chi connectivity index (χ0) is 25.1. The SMILES string of the molecule is CN[C@@H](C)C(=O)N[C@H]1C[C@@H](OC)CC[C@H]2CC[C@@H](C(=O)N[C@@H]3CCCc4cc(F)ccc43)N2C1=O. The van der Waals surface area contributed by atoms with Crippen molar-refractivity contribution >= 4 is 17.7 Å². The number of likely N-dealkylation sites (N-methyl/N-ethyl adjacent to an activating group) is 1. The van der Waals surface area contributed by atoms with Crippen LogP contribution in [0, 0.1) is 5.82 Å². The Kier molecular flexibility index (Phi) is 8.06. The topological polar surface area (TPSA) is 99.8 Å². The average molecular weight is 489 g/mol.